The average Bonchev–Trinajstić information content (AvgIpc) is 2.12. The molecule has 2 aromatic carbocycles. The fourth-order valence-electron chi connectivity index (χ4n) is 1.52. The van der Waals surface area contributed by atoms with Gasteiger partial charge in [0, 0.05) is 10.8 Å². The van der Waals surface area contributed by atoms with Gasteiger partial charge in [-0.05, 0) is 24.6 Å². The van der Waals surface area contributed by atoms with E-state index in [2.05, 4.69) is 0 Å². The standard InChI is InChI=1S/C11H9FO/c1-7-5-6-10(13)8-3-2-4-9(12)11(7)8/h2-6,13H,1H3. The Morgan fingerprint density at radius 1 is 1.15 bits per heavy atom. The van der Waals surface area contributed by atoms with Gasteiger partial charge in [-0.1, -0.05) is 18.2 Å². The molecule has 0 aliphatic carbocycles. The second-order valence-electron chi connectivity index (χ2n) is 3.06. The SMILES string of the molecule is Cc1ccc(O)c2cccc(F)c12. The lowest BCUT2D eigenvalue weighted by Gasteiger charge is -2.04. The summed E-state index contributed by atoms with van der Waals surface area (Å²) in [5, 5.41) is 10.5. The summed E-state index contributed by atoms with van der Waals surface area (Å²) in [6.07, 6.45) is 0. The van der Waals surface area contributed by atoms with Gasteiger partial charge in [0.2, 0.25) is 0 Å². The van der Waals surface area contributed by atoms with E-state index in [9.17, 15) is 9.50 Å². The Balaban J connectivity index is 3.00. The molecule has 0 atom stereocenters. The zero-order chi connectivity index (χ0) is 9.42. The molecular formula is C11H9FO. The van der Waals surface area contributed by atoms with Crippen LogP contribution >= 0.6 is 0 Å². The minimum Gasteiger partial charge on any atom is -0.507 e. The number of benzene rings is 2. The van der Waals surface area contributed by atoms with Gasteiger partial charge in [-0.2, -0.15) is 0 Å². The van der Waals surface area contributed by atoms with Gasteiger partial charge in [-0.3, -0.25) is 0 Å². The molecule has 0 unspecified atom stereocenters. The first-order chi connectivity index (χ1) is 6.20. The zero-order valence-corrected chi connectivity index (χ0v) is 7.21. The first-order valence-corrected chi connectivity index (χ1v) is 4.07. The van der Waals surface area contributed by atoms with Crippen molar-refractivity contribution in [2.24, 2.45) is 0 Å². The topological polar surface area (TPSA) is 20.2 Å². The second-order valence-corrected chi connectivity index (χ2v) is 3.06. The maximum absolute atomic E-state index is 13.3. The van der Waals surface area contributed by atoms with Gasteiger partial charge in [0.15, 0.2) is 0 Å². The first-order valence-electron chi connectivity index (χ1n) is 4.07. The van der Waals surface area contributed by atoms with Crippen LogP contribution in [-0.2, 0) is 0 Å². The number of phenols is 1. The van der Waals surface area contributed by atoms with E-state index in [1.54, 1.807) is 24.3 Å². The molecule has 0 bridgehead atoms. The van der Waals surface area contributed by atoms with Crippen LogP contribution in [0.5, 0.6) is 5.75 Å². The third-order valence-corrected chi connectivity index (χ3v) is 2.18. The van der Waals surface area contributed by atoms with Crippen molar-refractivity contribution >= 4 is 10.8 Å². The van der Waals surface area contributed by atoms with E-state index in [4.69, 9.17) is 0 Å². The van der Waals surface area contributed by atoms with Gasteiger partial charge in [0.1, 0.15) is 11.6 Å². The summed E-state index contributed by atoms with van der Waals surface area (Å²) in [6, 6.07) is 7.99. The number of halogens is 1. The number of rotatable bonds is 0. The molecule has 0 fully saturated rings. The lowest BCUT2D eigenvalue weighted by Crippen LogP contribution is -1.83. The molecule has 1 nitrogen and oxygen atoms in total. The van der Waals surface area contributed by atoms with Gasteiger partial charge < -0.3 is 5.11 Å². The average molecular weight is 176 g/mol. The Hall–Kier alpha value is -1.57. The highest BCUT2D eigenvalue weighted by atomic mass is 19.1. The smallest absolute Gasteiger partial charge is 0.131 e. The van der Waals surface area contributed by atoms with Crippen molar-refractivity contribution in [3.63, 3.8) is 0 Å². The molecule has 0 amide bonds. The van der Waals surface area contributed by atoms with Gasteiger partial charge in [-0.15, -0.1) is 0 Å². The quantitative estimate of drug-likeness (QED) is 0.654. The summed E-state index contributed by atoms with van der Waals surface area (Å²) < 4.78 is 13.3. The second kappa shape index (κ2) is 2.73. The molecule has 0 saturated carbocycles. The Morgan fingerprint density at radius 3 is 2.62 bits per heavy atom. The third kappa shape index (κ3) is 1.15. The summed E-state index contributed by atoms with van der Waals surface area (Å²) in [5.74, 6) is -0.161. The highest BCUT2D eigenvalue weighted by Gasteiger charge is 2.05. The molecule has 2 rings (SSSR count). The third-order valence-electron chi connectivity index (χ3n) is 2.18. The molecule has 2 heteroatoms. The molecule has 0 aliphatic heterocycles. The zero-order valence-electron chi connectivity index (χ0n) is 7.21. The molecular weight excluding hydrogens is 167 g/mol. The number of aryl methyl sites for hydroxylation is 1. The van der Waals surface area contributed by atoms with Gasteiger partial charge in [0.25, 0.3) is 0 Å². The number of hydrogen-bond acceptors (Lipinski definition) is 1. The number of phenolic OH excluding ortho intramolecular Hbond substituents is 1. The lowest BCUT2D eigenvalue weighted by molar-refractivity contribution is 0.481. The molecule has 1 N–H and O–H groups in total. The first kappa shape index (κ1) is 8.05. The number of hydrogen-bond donors (Lipinski definition) is 1. The molecule has 66 valence electrons. The Bertz CT molecular complexity index is 455. The van der Waals surface area contributed by atoms with Crippen molar-refractivity contribution in [3.05, 3.63) is 41.7 Å². The van der Waals surface area contributed by atoms with Crippen molar-refractivity contribution in [2.75, 3.05) is 0 Å². The molecule has 0 heterocycles. The van der Waals surface area contributed by atoms with Crippen LogP contribution < -0.4 is 0 Å². The van der Waals surface area contributed by atoms with E-state index < -0.39 is 0 Å². The Morgan fingerprint density at radius 2 is 1.92 bits per heavy atom. The molecule has 2 aromatic rings. The highest BCUT2D eigenvalue weighted by molar-refractivity contribution is 5.91. The minimum absolute atomic E-state index is 0.125. The summed E-state index contributed by atoms with van der Waals surface area (Å²) >= 11 is 0. The van der Waals surface area contributed by atoms with Crippen molar-refractivity contribution in [1.82, 2.24) is 0 Å². The molecule has 0 aliphatic rings. The van der Waals surface area contributed by atoms with Gasteiger partial charge >= 0.3 is 0 Å². The molecule has 0 saturated heterocycles. The van der Waals surface area contributed by atoms with E-state index >= 15 is 0 Å². The van der Waals surface area contributed by atoms with Crippen molar-refractivity contribution in [3.8, 4) is 5.75 Å². The van der Waals surface area contributed by atoms with Crippen LogP contribution in [-0.4, -0.2) is 5.11 Å². The maximum atomic E-state index is 13.3. The summed E-state index contributed by atoms with van der Waals surface area (Å²) in [6.45, 7) is 1.82. The van der Waals surface area contributed by atoms with E-state index in [-0.39, 0.29) is 11.6 Å². The monoisotopic (exact) mass is 176 g/mol. The molecule has 0 spiro atoms. The van der Waals surface area contributed by atoms with E-state index in [1.807, 2.05) is 6.92 Å². The van der Waals surface area contributed by atoms with Crippen LogP contribution in [0.15, 0.2) is 30.3 Å². The van der Waals surface area contributed by atoms with Crippen molar-refractivity contribution in [1.29, 1.82) is 0 Å². The molecule has 0 radical (unpaired) electrons. The maximum Gasteiger partial charge on any atom is 0.131 e. The summed E-state index contributed by atoms with van der Waals surface area (Å²) in [4.78, 5) is 0. The Labute approximate surface area is 75.4 Å². The number of fused-ring (bicyclic) bond motifs is 1. The minimum atomic E-state index is -0.286. The largest absolute Gasteiger partial charge is 0.507 e. The molecule has 13 heavy (non-hydrogen) atoms. The van der Waals surface area contributed by atoms with Crippen LogP contribution in [0.1, 0.15) is 5.56 Å². The van der Waals surface area contributed by atoms with Crippen LogP contribution in [0, 0.1) is 12.7 Å². The summed E-state index contributed by atoms with van der Waals surface area (Å²) in [5.41, 5.74) is 0.839. The van der Waals surface area contributed by atoms with Crippen LogP contribution in [0.4, 0.5) is 4.39 Å². The normalized spacial score (nSPS) is 10.6. The van der Waals surface area contributed by atoms with E-state index in [0.717, 1.165) is 5.56 Å². The highest BCUT2D eigenvalue weighted by Crippen LogP contribution is 2.28. The van der Waals surface area contributed by atoms with Crippen molar-refractivity contribution < 1.29 is 9.50 Å². The lowest BCUT2D eigenvalue weighted by atomic mass is 10.0. The Kier molecular flexibility index (Phi) is 1.69. The predicted octanol–water partition coefficient (Wildman–Crippen LogP) is 2.99. The summed E-state index contributed by atoms with van der Waals surface area (Å²) in [7, 11) is 0. The molecule has 0 aromatic heterocycles. The van der Waals surface area contributed by atoms with Crippen LogP contribution in [0.25, 0.3) is 10.8 Å². The van der Waals surface area contributed by atoms with Gasteiger partial charge in [-0.25, -0.2) is 4.39 Å². The van der Waals surface area contributed by atoms with E-state index in [1.165, 1.54) is 6.07 Å². The van der Waals surface area contributed by atoms with Crippen LogP contribution in [0.2, 0.25) is 0 Å². The van der Waals surface area contributed by atoms with Crippen LogP contribution in [0.3, 0.4) is 0 Å². The van der Waals surface area contributed by atoms with E-state index in [0.29, 0.717) is 10.8 Å². The van der Waals surface area contributed by atoms with Crippen molar-refractivity contribution in [2.45, 2.75) is 6.92 Å². The fraction of sp³-hybridized carbons (Fsp3) is 0.0909. The number of aromatic hydroxyl groups is 1. The predicted molar refractivity (Wildman–Crippen MR) is 50.3 cm³/mol. The van der Waals surface area contributed by atoms with Gasteiger partial charge in [0.05, 0.1) is 0 Å². The fourth-order valence-corrected chi connectivity index (χ4v) is 1.52.